The smallest absolute Gasteiger partial charge is 0.244 e. The molecule has 1 amide bonds. The summed E-state index contributed by atoms with van der Waals surface area (Å²) >= 11 is 0. The molecule has 0 aromatic carbocycles. The van der Waals surface area contributed by atoms with E-state index in [4.69, 9.17) is 0 Å². The van der Waals surface area contributed by atoms with Crippen LogP contribution in [0.4, 0.5) is 0 Å². The number of amides is 1. The number of fused-ring (bicyclic) bond motifs is 1. The van der Waals surface area contributed by atoms with Crippen LogP contribution in [0.5, 0.6) is 0 Å². The maximum Gasteiger partial charge on any atom is 0.244 e. The van der Waals surface area contributed by atoms with Crippen molar-refractivity contribution >= 4 is 12.1 Å². The van der Waals surface area contributed by atoms with E-state index in [0.29, 0.717) is 0 Å². The molecule has 0 saturated heterocycles. The Labute approximate surface area is 58.8 Å². The van der Waals surface area contributed by atoms with E-state index >= 15 is 0 Å². The van der Waals surface area contributed by atoms with Gasteiger partial charge in [0.05, 0.1) is 12.1 Å². The molecule has 2 rings (SSSR count). The summed E-state index contributed by atoms with van der Waals surface area (Å²) in [5, 5.41) is 2.83. The van der Waals surface area contributed by atoms with Crippen molar-refractivity contribution in [2.45, 2.75) is 18.5 Å². The standard InChI is InChI=1S/C7H8N2O/c10-7-2-1-5-6(9-7)3-4-8-5/h1-2,4-6H,3H2,(H,9,10). The first-order chi connectivity index (χ1) is 4.86. The van der Waals surface area contributed by atoms with Gasteiger partial charge in [-0.3, -0.25) is 9.79 Å². The Morgan fingerprint density at radius 3 is 3.50 bits per heavy atom. The summed E-state index contributed by atoms with van der Waals surface area (Å²) in [5.41, 5.74) is 0. The maximum atomic E-state index is 10.8. The quantitative estimate of drug-likeness (QED) is 0.495. The van der Waals surface area contributed by atoms with Crippen LogP contribution in [0.1, 0.15) is 6.42 Å². The number of carbonyl (C=O) groups is 1. The lowest BCUT2D eigenvalue weighted by atomic mass is 10.1. The number of nitrogens with one attached hydrogen (secondary N) is 1. The number of hydrogen-bond acceptors (Lipinski definition) is 2. The third kappa shape index (κ3) is 0.744. The van der Waals surface area contributed by atoms with Gasteiger partial charge in [-0.05, 0) is 0 Å². The van der Waals surface area contributed by atoms with Crippen molar-refractivity contribution < 1.29 is 4.79 Å². The summed E-state index contributed by atoms with van der Waals surface area (Å²) in [7, 11) is 0. The van der Waals surface area contributed by atoms with Crippen molar-refractivity contribution in [3.63, 3.8) is 0 Å². The zero-order valence-corrected chi connectivity index (χ0v) is 5.45. The number of aliphatic imine (C=N–C) groups is 1. The Hall–Kier alpha value is -1.12. The van der Waals surface area contributed by atoms with Gasteiger partial charge in [0.15, 0.2) is 0 Å². The summed E-state index contributed by atoms with van der Waals surface area (Å²) < 4.78 is 0. The van der Waals surface area contributed by atoms with Crippen molar-refractivity contribution in [3.8, 4) is 0 Å². The van der Waals surface area contributed by atoms with Crippen molar-refractivity contribution in [1.82, 2.24) is 5.32 Å². The molecule has 2 atom stereocenters. The monoisotopic (exact) mass is 136 g/mol. The van der Waals surface area contributed by atoms with Crippen molar-refractivity contribution in [2.24, 2.45) is 4.99 Å². The Kier molecular flexibility index (Phi) is 1.09. The number of carbonyl (C=O) groups excluding carboxylic acids is 1. The molecule has 2 aliphatic heterocycles. The van der Waals surface area contributed by atoms with Gasteiger partial charge < -0.3 is 5.32 Å². The van der Waals surface area contributed by atoms with Crippen LogP contribution in [0.2, 0.25) is 0 Å². The number of rotatable bonds is 0. The second kappa shape index (κ2) is 1.94. The minimum Gasteiger partial charge on any atom is -0.347 e. The molecule has 10 heavy (non-hydrogen) atoms. The second-order valence-electron chi connectivity index (χ2n) is 2.53. The Morgan fingerprint density at radius 1 is 1.70 bits per heavy atom. The molecule has 1 N–H and O–H groups in total. The summed E-state index contributed by atoms with van der Waals surface area (Å²) in [6.45, 7) is 0. The van der Waals surface area contributed by atoms with Crippen LogP contribution in [0.15, 0.2) is 17.1 Å². The summed E-state index contributed by atoms with van der Waals surface area (Å²) in [5.74, 6) is 0.00625. The minimum absolute atomic E-state index is 0.00625. The minimum atomic E-state index is 0.00625. The van der Waals surface area contributed by atoms with Crippen LogP contribution in [-0.2, 0) is 4.79 Å². The topological polar surface area (TPSA) is 41.5 Å². The van der Waals surface area contributed by atoms with E-state index in [0.717, 1.165) is 6.42 Å². The van der Waals surface area contributed by atoms with E-state index in [1.54, 1.807) is 6.08 Å². The average molecular weight is 136 g/mol. The van der Waals surface area contributed by atoms with Gasteiger partial charge >= 0.3 is 0 Å². The van der Waals surface area contributed by atoms with Crippen molar-refractivity contribution in [1.29, 1.82) is 0 Å². The highest BCUT2D eigenvalue weighted by Gasteiger charge is 2.25. The van der Waals surface area contributed by atoms with Gasteiger partial charge in [0.2, 0.25) is 5.91 Å². The highest BCUT2D eigenvalue weighted by molar-refractivity contribution is 5.89. The third-order valence-corrected chi connectivity index (χ3v) is 1.82. The molecular weight excluding hydrogens is 128 g/mol. The molecule has 0 saturated carbocycles. The molecule has 0 aromatic rings. The first-order valence-corrected chi connectivity index (χ1v) is 3.36. The summed E-state index contributed by atoms with van der Waals surface area (Å²) in [4.78, 5) is 14.9. The summed E-state index contributed by atoms with van der Waals surface area (Å²) in [6.07, 6.45) is 6.14. The van der Waals surface area contributed by atoms with Crippen molar-refractivity contribution in [3.05, 3.63) is 12.2 Å². The van der Waals surface area contributed by atoms with Crippen LogP contribution in [0, 0.1) is 0 Å². The van der Waals surface area contributed by atoms with Gasteiger partial charge in [-0.1, -0.05) is 6.08 Å². The molecule has 3 nitrogen and oxygen atoms in total. The highest BCUT2D eigenvalue weighted by atomic mass is 16.1. The molecule has 2 unspecified atom stereocenters. The number of nitrogens with zero attached hydrogens (tertiary/aromatic N) is 1. The van der Waals surface area contributed by atoms with Gasteiger partial charge in [-0.25, -0.2) is 0 Å². The molecule has 52 valence electrons. The van der Waals surface area contributed by atoms with Crippen LogP contribution < -0.4 is 5.32 Å². The first kappa shape index (κ1) is 5.65. The van der Waals surface area contributed by atoms with Gasteiger partial charge in [-0.2, -0.15) is 0 Å². The Morgan fingerprint density at radius 2 is 2.60 bits per heavy atom. The van der Waals surface area contributed by atoms with E-state index in [-0.39, 0.29) is 18.0 Å². The molecular formula is C7H8N2O. The van der Waals surface area contributed by atoms with Gasteiger partial charge in [0.1, 0.15) is 0 Å². The molecule has 2 heterocycles. The van der Waals surface area contributed by atoms with Gasteiger partial charge in [0, 0.05) is 18.7 Å². The fourth-order valence-electron chi connectivity index (χ4n) is 1.28. The molecule has 0 aliphatic carbocycles. The largest absolute Gasteiger partial charge is 0.347 e. The Balaban J connectivity index is 2.21. The van der Waals surface area contributed by atoms with Crippen LogP contribution >= 0.6 is 0 Å². The highest BCUT2D eigenvalue weighted by Crippen LogP contribution is 2.13. The lowest BCUT2D eigenvalue weighted by molar-refractivity contribution is -0.117. The second-order valence-corrected chi connectivity index (χ2v) is 2.53. The fraction of sp³-hybridized carbons (Fsp3) is 0.429. The zero-order chi connectivity index (χ0) is 6.97. The van der Waals surface area contributed by atoms with Crippen molar-refractivity contribution in [2.75, 3.05) is 0 Å². The maximum absolute atomic E-state index is 10.8. The van der Waals surface area contributed by atoms with E-state index in [2.05, 4.69) is 10.3 Å². The lowest BCUT2D eigenvalue weighted by Gasteiger charge is -2.19. The third-order valence-electron chi connectivity index (χ3n) is 1.82. The number of hydrogen-bond donors (Lipinski definition) is 1. The van der Waals surface area contributed by atoms with Gasteiger partial charge in [-0.15, -0.1) is 0 Å². The van der Waals surface area contributed by atoms with E-state index in [1.807, 2.05) is 12.3 Å². The summed E-state index contributed by atoms with van der Waals surface area (Å²) in [6, 6.07) is 0.440. The molecule has 2 aliphatic rings. The SMILES string of the molecule is O=C1C=CC2N=CCC2N1. The Bertz CT molecular complexity index is 220. The molecule has 0 aromatic heterocycles. The zero-order valence-electron chi connectivity index (χ0n) is 5.45. The van der Waals surface area contributed by atoms with E-state index in [1.165, 1.54) is 0 Å². The van der Waals surface area contributed by atoms with Crippen LogP contribution in [-0.4, -0.2) is 24.2 Å². The first-order valence-electron chi connectivity index (χ1n) is 3.36. The molecule has 0 radical (unpaired) electrons. The van der Waals surface area contributed by atoms with E-state index in [9.17, 15) is 4.79 Å². The molecule has 0 bridgehead atoms. The molecule has 0 fully saturated rings. The lowest BCUT2D eigenvalue weighted by Crippen LogP contribution is -2.41. The molecule has 0 spiro atoms. The van der Waals surface area contributed by atoms with Gasteiger partial charge in [0.25, 0.3) is 0 Å². The normalized spacial score (nSPS) is 35.8. The van der Waals surface area contributed by atoms with Crippen LogP contribution in [0.3, 0.4) is 0 Å². The predicted octanol–water partition coefficient (Wildman–Crippen LogP) is -0.116. The average Bonchev–Trinajstić information content (AvgIpc) is 2.33. The fourth-order valence-corrected chi connectivity index (χ4v) is 1.28. The van der Waals surface area contributed by atoms with E-state index < -0.39 is 0 Å². The predicted molar refractivity (Wildman–Crippen MR) is 38.0 cm³/mol. The molecule has 3 heteroatoms. The van der Waals surface area contributed by atoms with Crippen LogP contribution in [0.25, 0.3) is 0 Å².